The molecular formula is C24H42O4S. The van der Waals surface area contributed by atoms with E-state index in [2.05, 4.69) is 18.8 Å². The minimum atomic E-state index is -0.754. The minimum absolute atomic E-state index is 0.195. The summed E-state index contributed by atoms with van der Waals surface area (Å²) in [6.45, 7) is 2.25. The van der Waals surface area contributed by atoms with Crippen molar-refractivity contribution in [3.05, 3.63) is 0 Å². The van der Waals surface area contributed by atoms with Crippen LogP contribution in [0.25, 0.3) is 0 Å². The van der Waals surface area contributed by atoms with E-state index in [0.717, 1.165) is 31.4 Å². The molecule has 168 valence electrons. The number of rotatable bonds is 20. The molecule has 0 aliphatic rings. The Kier molecular flexibility index (Phi) is 20.7. The van der Waals surface area contributed by atoms with Crippen LogP contribution in [-0.4, -0.2) is 33.2 Å². The van der Waals surface area contributed by atoms with Gasteiger partial charge in [0.2, 0.25) is 0 Å². The third-order valence-electron chi connectivity index (χ3n) is 4.88. The molecule has 0 heterocycles. The topological polar surface area (TPSA) is 74.6 Å². The highest BCUT2D eigenvalue weighted by atomic mass is 32.2. The smallest absolute Gasteiger partial charge is 0.303 e. The molecule has 0 saturated heterocycles. The van der Waals surface area contributed by atoms with Crippen LogP contribution in [0.3, 0.4) is 0 Å². The van der Waals surface area contributed by atoms with E-state index in [1.54, 1.807) is 11.8 Å². The maximum atomic E-state index is 10.6. The van der Waals surface area contributed by atoms with Crippen molar-refractivity contribution in [2.45, 2.75) is 121 Å². The van der Waals surface area contributed by atoms with Crippen LogP contribution in [0, 0.1) is 11.8 Å². The second-order valence-electron chi connectivity index (χ2n) is 7.75. The first-order valence-corrected chi connectivity index (χ1v) is 12.6. The molecule has 2 N–H and O–H groups in total. The molecule has 1 atom stereocenters. The molecule has 0 radical (unpaired) electrons. The molecule has 1 unspecified atom stereocenters. The summed E-state index contributed by atoms with van der Waals surface area (Å²) in [6, 6.07) is 0. The summed E-state index contributed by atoms with van der Waals surface area (Å²) in [4.78, 5) is 21.3. The third-order valence-corrected chi connectivity index (χ3v) is 6.16. The van der Waals surface area contributed by atoms with E-state index in [1.165, 1.54) is 57.8 Å². The standard InChI is InChI=1S/C24H42O4S/c1-2-3-4-5-6-7-8-9-10-11-12-13-17-22(18-14-15-19-23(25)26)29-21-16-20-24(27)28/h22H,2-12,14-16,18-21H2,1H3,(H,25,26)(H,27,28). The van der Waals surface area contributed by atoms with Gasteiger partial charge in [-0.1, -0.05) is 77.1 Å². The largest absolute Gasteiger partial charge is 0.481 e. The number of carboxylic acid groups (broad SMARTS) is 2. The number of hydrogen-bond donors (Lipinski definition) is 2. The lowest BCUT2D eigenvalue weighted by molar-refractivity contribution is -0.138. The fourth-order valence-corrected chi connectivity index (χ4v) is 4.23. The Bertz CT molecular complexity index is 445. The number of carboxylic acids is 2. The first-order valence-electron chi connectivity index (χ1n) is 11.6. The summed E-state index contributed by atoms with van der Waals surface area (Å²) in [6.07, 6.45) is 17.7. The molecule has 5 heteroatoms. The van der Waals surface area contributed by atoms with Gasteiger partial charge in [0.25, 0.3) is 0 Å². The van der Waals surface area contributed by atoms with Crippen molar-refractivity contribution >= 4 is 23.7 Å². The molecule has 0 bridgehead atoms. The Morgan fingerprint density at radius 3 is 1.90 bits per heavy atom. The Labute approximate surface area is 182 Å². The highest BCUT2D eigenvalue weighted by Gasteiger charge is 2.07. The molecule has 0 spiro atoms. The molecule has 0 saturated carbocycles. The number of unbranched alkanes of at least 4 members (excludes halogenated alkanes) is 11. The molecule has 0 aliphatic carbocycles. The van der Waals surface area contributed by atoms with E-state index in [1.807, 2.05) is 0 Å². The number of carbonyl (C=O) groups is 2. The Morgan fingerprint density at radius 1 is 0.759 bits per heavy atom. The zero-order chi connectivity index (χ0) is 21.6. The first-order chi connectivity index (χ1) is 14.1. The molecule has 0 rings (SSSR count). The van der Waals surface area contributed by atoms with Gasteiger partial charge in [0, 0.05) is 19.3 Å². The van der Waals surface area contributed by atoms with Gasteiger partial charge in [-0.3, -0.25) is 9.59 Å². The van der Waals surface area contributed by atoms with E-state index < -0.39 is 11.9 Å². The van der Waals surface area contributed by atoms with E-state index >= 15 is 0 Å². The third kappa shape index (κ3) is 23.0. The van der Waals surface area contributed by atoms with Crippen molar-refractivity contribution in [1.29, 1.82) is 0 Å². The Hall–Kier alpha value is -1.15. The van der Waals surface area contributed by atoms with E-state index in [4.69, 9.17) is 10.2 Å². The lowest BCUT2D eigenvalue weighted by Gasteiger charge is -2.09. The fraction of sp³-hybridized carbons (Fsp3) is 0.833. The second-order valence-corrected chi connectivity index (χ2v) is 9.06. The average molecular weight is 427 g/mol. The average Bonchev–Trinajstić information content (AvgIpc) is 2.68. The minimum Gasteiger partial charge on any atom is -0.481 e. The van der Waals surface area contributed by atoms with Crippen LogP contribution in [-0.2, 0) is 9.59 Å². The first kappa shape index (κ1) is 27.8. The van der Waals surface area contributed by atoms with Crippen LogP contribution < -0.4 is 0 Å². The highest BCUT2D eigenvalue weighted by Crippen LogP contribution is 2.19. The summed E-state index contributed by atoms with van der Waals surface area (Å²) in [5, 5.41) is 17.7. The lowest BCUT2D eigenvalue weighted by atomic mass is 10.1. The summed E-state index contributed by atoms with van der Waals surface area (Å²) in [5.74, 6) is 5.94. The van der Waals surface area contributed by atoms with Gasteiger partial charge in [-0.15, -0.1) is 17.7 Å². The van der Waals surface area contributed by atoms with Crippen LogP contribution in [0.15, 0.2) is 0 Å². The monoisotopic (exact) mass is 426 g/mol. The quantitative estimate of drug-likeness (QED) is 0.163. The lowest BCUT2D eigenvalue weighted by Crippen LogP contribution is -2.03. The number of hydrogen-bond acceptors (Lipinski definition) is 3. The number of thioether (sulfide) groups is 1. The molecule has 0 fully saturated rings. The molecule has 0 aromatic rings. The maximum absolute atomic E-state index is 10.6. The summed E-state index contributed by atoms with van der Waals surface area (Å²) in [7, 11) is 0. The van der Waals surface area contributed by atoms with E-state index in [9.17, 15) is 9.59 Å². The van der Waals surface area contributed by atoms with Crippen molar-refractivity contribution in [3.8, 4) is 11.8 Å². The molecule has 0 amide bonds. The Morgan fingerprint density at radius 2 is 1.31 bits per heavy atom. The van der Waals surface area contributed by atoms with Crippen LogP contribution >= 0.6 is 11.8 Å². The van der Waals surface area contributed by atoms with Gasteiger partial charge >= 0.3 is 11.9 Å². The van der Waals surface area contributed by atoms with Crippen LogP contribution in [0.5, 0.6) is 0 Å². The molecule has 29 heavy (non-hydrogen) atoms. The van der Waals surface area contributed by atoms with Gasteiger partial charge < -0.3 is 10.2 Å². The van der Waals surface area contributed by atoms with Crippen LogP contribution in [0.1, 0.15) is 116 Å². The maximum Gasteiger partial charge on any atom is 0.303 e. The fourth-order valence-electron chi connectivity index (χ4n) is 3.14. The normalized spacial score (nSPS) is 11.6. The van der Waals surface area contributed by atoms with Crippen LogP contribution in [0.4, 0.5) is 0 Å². The SMILES string of the molecule is CCCCCCCCCCCCC#CC(CCCCC(=O)O)SCCCC(=O)O. The Balaban J connectivity index is 3.89. The van der Waals surface area contributed by atoms with Crippen molar-refractivity contribution in [2.24, 2.45) is 0 Å². The van der Waals surface area contributed by atoms with Gasteiger partial charge in [-0.25, -0.2) is 0 Å². The molecule has 4 nitrogen and oxygen atoms in total. The van der Waals surface area contributed by atoms with Crippen molar-refractivity contribution in [2.75, 3.05) is 5.75 Å². The molecule has 0 aromatic heterocycles. The summed E-state index contributed by atoms with van der Waals surface area (Å²) < 4.78 is 0. The van der Waals surface area contributed by atoms with E-state index in [0.29, 0.717) is 12.8 Å². The van der Waals surface area contributed by atoms with Gasteiger partial charge in [-0.2, -0.15) is 0 Å². The zero-order valence-electron chi connectivity index (χ0n) is 18.4. The summed E-state index contributed by atoms with van der Waals surface area (Å²) in [5.41, 5.74) is 0. The molecule has 0 aliphatic heterocycles. The van der Waals surface area contributed by atoms with Gasteiger partial charge in [0.05, 0.1) is 5.25 Å². The van der Waals surface area contributed by atoms with Gasteiger partial charge in [-0.05, 0) is 31.4 Å². The number of aliphatic carboxylic acids is 2. The summed E-state index contributed by atoms with van der Waals surface area (Å²) >= 11 is 1.72. The predicted octanol–water partition coefficient (Wildman–Crippen LogP) is 6.91. The van der Waals surface area contributed by atoms with Crippen molar-refractivity contribution in [1.82, 2.24) is 0 Å². The van der Waals surface area contributed by atoms with Crippen molar-refractivity contribution in [3.63, 3.8) is 0 Å². The predicted molar refractivity (Wildman–Crippen MR) is 123 cm³/mol. The second kappa shape index (κ2) is 21.6. The molecule has 0 aromatic carbocycles. The highest BCUT2D eigenvalue weighted by molar-refractivity contribution is 8.00. The zero-order valence-corrected chi connectivity index (χ0v) is 19.2. The van der Waals surface area contributed by atoms with Crippen molar-refractivity contribution < 1.29 is 19.8 Å². The van der Waals surface area contributed by atoms with E-state index in [-0.39, 0.29) is 18.1 Å². The van der Waals surface area contributed by atoms with Gasteiger partial charge in [0.15, 0.2) is 0 Å². The van der Waals surface area contributed by atoms with Gasteiger partial charge in [0.1, 0.15) is 0 Å². The molecular weight excluding hydrogens is 384 g/mol. The van der Waals surface area contributed by atoms with Crippen LogP contribution in [0.2, 0.25) is 0 Å².